The quantitative estimate of drug-likeness (QED) is 0.837. The molecule has 2 aliphatic heterocycles. The highest BCUT2D eigenvalue weighted by atomic mass is 32.1. The van der Waals surface area contributed by atoms with Crippen molar-refractivity contribution in [2.24, 2.45) is 0 Å². The van der Waals surface area contributed by atoms with Crippen LogP contribution in [0.3, 0.4) is 0 Å². The van der Waals surface area contributed by atoms with E-state index in [0.717, 1.165) is 28.5 Å². The summed E-state index contributed by atoms with van der Waals surface area (Å²) in [5.74, 6) is 5.92. The summed E-state index contributed by atoms with van der Waals surface area (Å²) in [6.07, 6.45) is 5.19. The van der Waals surface area contributed by atoms with Crippen LogP contribution in [-0.2, 0) is 0 Å². The average molecular weight is 311 g/mol. The Labute approximate surface area is 133 Å². The summed E-state index contributed by atoms with van der Waals surface area (Å²) in [6, 6.07) is 3.11. The number of amides is 1. The molecule has 0 aliphatic carbocycles. The van der Waals surface area contributed by atoms with E-state index in [1.807, 2.05) is 18.4 Å². The van der Waals surface area contributed by atoms with Gasteiger partial charge in [0.1, 0.15) is 5.69 Å². The molecule has 2 aliphatic rings. The van der Waals surface area contributed by atoms with Gasteiger partial charge in [0.25, 0.3) is 5.91 Å². The molecule has 1 amide bonds. The number of carbonyl (C=O) groups excluding carboxylic acids is 1. The highest BCUT2D eigenvalue weighted by Gasteiger charge is 2.39. The molecule has 0 aromatic carbocycles. The van der Waals surface area contributed by atoms with Gasteiger partial charge in [0, 0.05) is 40.7 Å². The molecule has 0 spiro atoms. The lowest BCUT2D eigenvalue weighted by Gasteiger charge is -2.21. The first-order chi connectivity index (χ1) is 10.7. The van der Waals surface area contributed by atoms with Crippen LogP contribution in [-0.4, -0.2) is 29.0 Å². The van der Waals surface area contributed by atoms with E-state index in [0.29, 0.717) is 17.8 Å². The van der Waals surface area contributed by atoms with E-state index in [2.05, 4.69) is 27.5 Å². The van der Waals surface area contributed by atoms with E-state index in [1.54, 1.807) is 17.5 Å². The van der Waals surface area contributed by atoms with E-state index < -0.39 is 0 Å². The molecule has 0 saturated carbocycles. The minimum Gasteiger partial charge on any atom is -0.346 e. The van der Waals surface area contributed by atoms with E-state index >= 15 is 0 Å². The molecule has 2 fully saturated rings. The highest BCUT2D eigenvalue weighted by Crippen LogP contribution is 2.29. The summed E-state index contributed by atoms with van der Waals surface area (Å²) >= 11 is 1.61. The highest BCUT2D eigenvalue weighted by molar-refractivity contribution is 7.17. The lowest BCUT2D eigenvalue weighted by atomic mass is 9.95. The number of thiophene rings is 1. The van der Waals surface area contributed by atoms with Crippen LogP contribution in [0.2, 0.25) is 0 Å². The maximum atomic E-state index is 12.5. The minimum atomic E-state index is -0.0807. The number of hydrogen-bond donors (Lipinski definition) is 2. The van der Waals surface area contributed by atoms with Crippen molar-refractivity contribution in [3.05, 3.63) is 28.9 Å². The summed E-state index contributed by atoms with van der Waals surface area (Å²) in [4.78, 5) is 16.8. The third kappa shape index (κ3) is 2.29. The van der Waals surface area contributed by atoms with Crippen LogP contribution in [0.15, 0.2) is 17.6 Å². The lowest BCUT2D eigenvalue weighted by molar-refractivity contribution is 0.0926. The Balaban J connectivity index is 1.58. The largest absolute Gasteiger partial charge is 0.346 e. The van der Waals surface area contributed by atoms with Crippen molar-refractivity contribution in [1.82, 2.24) is 15.6 Å². The van der Waals surface area contributed by atoms with Gasteiger partial charge in [-0.25, -0.2) is 4.98 Å². The smallest absolute Gasteiger partial charge is 0.270 e. The molecule has 4 nitrogen and oxygen atoms in total. The summed E-state index contributed by atoms with van der Waals surface area (Å²) in [6.45, 7) is 1.82. The van der Waals surface area contributed by atoms with Crippen LogP contribution in [0.1, 0.15) is 42.2 Å². The molecule has 2 saturated heterocycles. The minimum absolute atomic E-state index is 0.0807. The fraction of sp³-hybridized carbons (Fsp3) is 0.412. The molecule has 2 aromatic heterocycles. The molecule has 2 bridgehead atoms. The first kappa shape index (κ1) is 13.7. The van der Waals surface area contributed by atoms with Crippen LogP contribution in [0.25, 0.3) is 10.1 Å². The van der Waals surface area contributed by atoms with Crippen LogP contribution in [0.4, 0.5) is 0 Å². The Kier molecular flexibility index (Phi) is 3.36. The van der Waals surface area contributed by atoms with Crippen LogP contribution in [0, 0.1) is 11.8 Å². The normalized spacial score (nSPS) is 26.0. The molecule has 4 rings (SSSR count). The van der Waals surface area contributed by atoms with Crippen molar-refractivity contribution < 1.29 is 4.79 Å². The Bertz CT molecular complexity index is 801. The fourth-order valence-corrected chi connectivity index (χ4v) is 4.35. The van der Waals surface area contributed by atoms with Gasteiger partial charge in [0.2, 0.25) is 0 Å². The standard InChI is InChI=1S/C17H17N3OS/c1-2-3-10-9-22-16-8-18-15(7-12(10)16)17(21)20-14-6-11-4-5-13(14)19-11/h7-9,11,13-14,19H,4-6H2,1H3,(H,20,21)/t11-,13+,14-/m1/s1. The molecular weight excluding hydrogens is 294 g/mol. The zero-order chi connectivity index (χ0) is 15.1. The van der Waals surface area contributed by atoms with E-state index in [4.69, 9.17) is 0 Å². The molecule has 4 heterocycles. The topological polar surface area (TPSA) is 54.0 Å². The second-order valence-electron chi connectivity index (χ2n) is 5.95. The second kappa shape index (κ2) is 5.38. The maximum absolute atomic E-state index is 12.5. The van der Waals surface area contributed by atoms with Crippen molar-refractivity contribution in [3.8, 4) is 11.8 Å². The van der Waals surface area contributed by atoms with Gasteiger partial charge in [-0.3, -0.25) is 4.79 Å². The van der Waals surface area contributed by atoms with Crippen molar-refractivity contribution in [3.63, 3.8) is 0 Å². The van der Waals surface area contributed by atoms with Crippen molar-refractivity contribution >= 4 is 27.3 Å². The number of fused-ring (bicyclic) bond motifs is 3. The predicted molar refractivity (Wildman–Crippen MR) is 88.0 cm³/mol. The SMILES string of the molecule is CC#Cc1csc2cnc(C(=O)N[C@@H]3C[C@H]4CC[C@@H]3N4)cc12. The zero-order valence-electron chi connectivity index (χ0n) is 12.3. The third-order valence-electron chi connectivity index (χ3n) is 4.57. The maximum Gasteiger partial charge on any atom is 0.270 e. The third-order valence-corrected chi connectivity index (χ3v) is 5.50. The summed E-state index contributed by atoms with van der Waals surface area (Å²) < 4.78 is 1.07. The molecule has 0 unspecified atom stereocenters. The summed E-state index contributed by atoms with van der Waals surface area (Å²) in [5.41, 5.74) is 1.45. The molecular formula is C17H17N3OS. The number of aromatic nitrogens is 1. The molecule has 112 valence electrons. The van der Waals surface area contributed by atoms with Gasteiger partial charge in [0.15, 0.2) is 0 Å². The first-order valence-corrected chi connectivity index (χ1v) is 8.49. The van der Waals surface area contributed by atoms with Gasteiger partial charge in [-0.15, -0.1) is 17.3 Å². The molecule has 0 radical (unpaired) electrons. The van der Waals surface area contributed by atoms with Gasteiger partial charge < -0.3 is 10.6 Å². The fourth-order valence-electron chi connectivity index (χ4n) is 3.51. The van der Waals surface area contributed by atoms with Gasteiger partial charge in [-0.2, -0.15) is 0 Å². The van der Waals surface area contributed by atoms with E-state index in [1.165, 1.54) is 6.42 Å². The summed E-state index contributed by atoms with van der Waals surface area (Å²) in [7, 11) is 0. The number of carbonyl (C=O) groups is 1. The Hall–Kier alpha value is -1.90. The van der Waals surface area contributed by atoms with Crippen molar-refractivity contribution in [2.75, 3.05) is 0 Å². The number of hydrogen-bond acceptors (Lipinski definition) is 4. The predicted octanol–water partition coefficient (Wildman–Crippen LogP) is 2.29. The zero-order valence-corrected chi connectivity index (χ0v) is 13.2. The Morgan fingerprint density at radius 3 is 3.14 bits per heavy atom. The van der Waals surface area contributed by atoms with Crippen LogP contribution >= 0.6 is 11.3 Å². The first-order valence-electron chi connectivity index (χ1n) is 7.61. The van der Waals surface area contributed by atoms with Crippen molar-refractivity contribution in [1.29, 1.82) is 0 Å². The summed E-state index contributed by atoms with van der Waals surface area (Å²) in [5, 5.41) is 9.71. The van der Waals surface area contributed by atoms with E-state index in [-0.39, 0.29) is 11.9 Å². The van der Waals surface area contributed by atoms with Gasteiger partial charge in [0.05, 0.1) is 4.70 Å². The van der Waals surface area contributed by atoms with Gasteiger partial charge in [-0.05, 0) is 32.3 Å². The molecule has 22 heavy (non-hydrogen) atoms. The Morgan fingerprint density at radius 1 is 1.50 bits per heavy atom. The Morgan fingerprint density at radius 2 is 2.41 bits per heavy atom. The molecule has 2 N–H and O–H groups in total. The van der Waals surface area contributed by atoms with E-state index in [9.17, 15) is 4.79 Å². The monoisotopic (exact) mass is 311 g/mol. The number of pyridine rings is 1. The van der Waals surface area contributed by atoms with Gasteiger partial charge >= 0.3 is 0 Å². The molecule has 2 aromatic rings. The van der Waals surface area contributed by atoms with Crippen LogP contribution in [0.5, 0.6) is 0 Å². The van der Waals surface area contributed by atoms with Gasteiger partial charge in [-0.1, -0.05) is 5.92 Å². The average Bonchev–Trinajstić information content (AvgIpc) is 3.23. The second-order valence-corrected chi connectivity index (χ2v) is 6.86. The van der Waals surface area contributed by atoms with Crippen molar-refractivity contribution in [2.45, 2.75) is 44.3 Å². The number of nitrogens with zero attached hydrogens (tertiary/aromatic N) is 1. The number of rotatable bonds is 2. The molecule has 5 heteroatoms. The lowest BCUT2D eigenvalue weighted by Crippen LogP contribution is -2.43. The number of nitrogens with one attached hydrogen (secondary N) is 2. The van der Waals surface area contributed by atoms with Crippen LogP contribution < -0.4 is 10.6 Å². The molecule has 3 atom stereocenters.